The van der Waals surface area contributed by atoms with Crippen molar-refractivity contribution >= 4 is 46.9 Å². The van der Waals surface area contributed by atoms with Gasteiger partial charge in [0.05, 0.1) is 11.4 Å². The first kappa shape index (κ1) is 22.9. The predicted octanol–water partition coefficient (Wildman–Crippen LogP) is 5.90. The van der Waals surface area contributed by atoms with E-state index in [0.29, 0.717) is 11.4 Å². The van der Waals surface area contributed by atoms with Gasteiger partial charge in [-0.05, 0) is 77.2 Å². The van der Waals surface area contributed by atoms with Gasteiger partial charge in [0.15, 0.2) is 0 Å². The Morgan fingerprint density at radius 1 is 0.882 bits per heavy atom. The van der Waals surface area contributed by atoms with E-state index in [1.807, 2.05) is 58.8 Å². The molecule has 1 heterocycles. The molecule has 0 bridgehead atoms. The number of carbonyl (C=O) groups excluding carboxylic acids is 2. The summed E-state index contributed by atoms with van der Waals surface area (Å²) in [5, 5.41) is 5.55. The second-order valence-corrected chi connectivity index (χ2v) is 8.66. The molecule has 0 unspecified atom stereocenters. The number of hydrogen-bond donors (Lipinski definition) is 3. The smallest absolute Gasteiger partial charge is 0.248 e. The molecule has 0 fully saturated rings. The summed E-state index contributed by atoms with van der Waals surface area (Å²) in [4.78, 5) is 24.4. The summed E-state index contributed by atoms with van der Waals surface area (Å²) >= 11 is 1.58. The van der Waals surface area contributed by atoms with E-state index in [1.165, 1.54) is 13.0 Å². The molecule has 0 atom stereocenters. The molecule has 3 aromatic carbocycles. The normalized spacial score (nSPS) is 10.9. The van der Waals surface area contributed by atoms with E-state index in [-0.39, 0.29) is 11.8 Å². The number of amides is 2. The third kappa shape index (κ3) is 6.17. The minimum absolute atomic E-state index is 0.0848. The largest absolute Gasteiger partial charge is 0.397 e. The number of benzene rings is 3. The minimum Gasteiger partial charge on any atom is -0.397 e. The van der Waals surface area contributed by atoms with Crippen molar-refractivity contribution in [3.63, 3.8) is 0 Å². The van der Waals surface area contributed by atoms with Crippen LogP contribution in [-0.4, -0.2) is 15.8 Å². The third-order valence-corrected chi connectivity index (χ3v) is 5.86. The standard InChI is InChI=1S/C27H24N4O2S/c1-19(32)29-23-11-7-21(8-12-23)22-9-13-24(14-10-22)34-31-17-16-20(18-31)6-15-27(33)30-26-5-3-2-4-25(26)28/h2-18H,28H2,1H3,(H,29,32)(H,30,33). The lowest BCUT2D eigenvalue weighted by Crippen LogP contribution is -2.09. The molecule has 0 aliphatic rings. The molecule has 4 N–H and O–H groups in total. The molecule has 0 radical (unpaired) electrons. The van der Waals surface area contributed by atoms with Gasteiger partial charge in [0.1, 0.15) is 0 Å². The Morgan fingerprint density at radius 3 is 2.24 bits per heavy atom. The molecule has 1 aromatic heterocycles. The number of carbonyl (C=O) groups is 2. The molecule has 0 saturated heterocycles. The Kier molecular flexibility index (Phi) is 7.15. The van der Waals surface area contributed by atoms with E-state index < -0.39 is 0 Å². The number of rotatable bonds is 7. The van der Waals surface area contributed by atoms with Gasteiger partial charge in [0.2, 0.25) is 11.8 Å². The van der Waals surface area contributed by atoms with Crippen LogP contribution in [-0.2, 0) is 9.59 Å². The highest BCUT2D eigenvalue weighted by Gasteiger charge is 2.04. The molecular formula is C27H24N4O2S. The van der Waals surface area contributed by atoms with Crippen LogP contribution in [0.1, 0.15) is 12.5 Å². The number of para-hydroxylation sites is 2. The van der Waals surface area contributed by atoms with Crippen LogP contribution in [0.15, 0.2) is 102 Å². The van der Waals surface area contributed by atoms with Gasteiger partial charge in [-0.25, -0.2) is 0 Å². The van der Waals surface area contributed by atoms with Crippen molar-refractivity contribution in [2.45, 2.75) is 11.8 Å². The van der Waals surface area contributed by atoms with Crippen molar-refractivity contribution in [2.75, 3.05) is 16.4 Å². The van der Waals surface area contributed by atoms with E-state index in [4.69, 9.17) is 5.73 Å². The maximum atomic E-state index is 12.2. The fourth-order valence-corrected chi connectivity index (χ4v) is 4.08. The van der Waals surface area contributed by atoms with Gasteiger partial charge in [-0.3, -0.25) is 13.6 Å². The number of aromatic nitrogens is 1. The third-order valence-electron chi connectivity index (χ3n) is 4.94. The van der Waals surface area contributed by atoms with Crippen LogP contribution in [0.4, 0.5) is 17.1 Å². The highest BCUT2D eigenvalue weighted by Crippen LogP contribution is 2.27. The van der Waals surface area contributed by atoms with Crippen LogP contribution in [0.3, 0.4) is 0 Å². The molecule has 0 spiro atoms. The summed E-state index contributed by atoms with van der Waals surface area (Å²) in [6.45, 7) is 1.49. The summed E-state index contributed by atoms with van der Waals surface area (Å²) in [6.07, 6.45) is 7.16. The average Bonchev–Trinajstić information content (AvgIpc) is 3.27. The molecule has 0 aliphatic carbocycles. The summed E-state index contributed by atoms with van der Waals surface area (Å²) in [6, 6.07) is 25.1. The molecule has 0 aliphatic heterocycles. The molecule has 4 aromatic rings. The van der Waals surface area contributed by atoms with Crippen LogP contribution in [0.25, 0.3) is 17.2 Å². The topological polar surface area (TPSA) is 89.2 Å². The number of anilines is 3. The molecule has 0 saturated carbocycles. The number of nitrogens with two attached hydrogens (primary N) is 1. The van der Waals surface area contributed by atoms with E-state index in [1.54, 1.807) is 30.2 Å². The van der Waals surface area contributed by atoms with Crippen LogP contribution in [0.5, 0.6) is 0 Å². The minimum atomic E-state index is -0.237. The molecular weight excluding hydrogens is 444 g/mol. The van der Waals surface area contributed by atoms with Crippen molar-refractivity contribution in [1.82, 2.24) is 3.97 Å². The van der Waals surface area contributed by atoms with Gasteiger partial charge in [0, 0.05) is 36.0 Å². The fraction of sp³-hybridized carbons (Fsp3) is 0.0370. The maximum Gasteiger partial charge on any atom is 0.248 e. The first-order valence-electron chi connectivity index (χ1n) is 10.6. The Bertz CT molecular complexity index is 1330. The Labute approximate surface area is 202 Å². The SMILES string of the molecule is CC(=O)Nc1ccc(-c2ccc(Sn3ccc(C=CC(=O)Nc4ccccc4N)c3)cc2)cc1. The number of hydrogen-bond acceptors (Lipinski definition) is 4. The first-order chi connectivity index (χ1) is 16.5. The van der Waals surface area contributed by atoms with Gasteiger partial charge in [-0.15, -0.1) is 0 Å². The maximum absolute atomic E-state index is 12.2. The fourth-order valence-electron chi connectivity index (χ4n) is 3.28. The van der Waals surface area contributed by atoms with E-state index in [0.717, 1.165) is 27.3 Å². The van der Waals surface area contributed by atoms with Gasteiger partial charge < -0.3 is 16.4 Å². The van der Waals surface area contributed by atoms with Gasteiger partial charge in [-0.1, -0.05) is 36.4 Å². The van der Waals surface area contributed by atoms with Crippen LogP contribution in [0, 0.1) is 0 Å². The average molecular weight is 469 g/mol. The van der Waals surface area contributed by atoms with Crippen LogP contribution < -0.4 is 16.4 Å². The molecule has 2 amide bonds. The highest BCUT2D eigenvalue weighted by atomic mass is 32.2. The Balaban J connectivity index is 1.34. The number of nitrogen functional groups attached to an aromatic ring is 1. The zero-order chi connectivity index (χ0) is 23.9. The lowest BCUT2D eigenvalue weighted by Gasteiger charge is -2.07. The molecule has 7 heteroatoms. The van der Waals surface area contributed by atoms with Crippen molar-refractivity contribution in [3.05, 3.63) is 103 Å². The summed E-state index contributed by atoms with van der Waals surface area (Å²) in [5.74, 6) is -0.322. The monoisotopic (exact) mass is 468 g/mol. The lowest BCUT2D eigenvalue weighted by molar-refractivity contribution is -0.114. The van der Waals surface area contributed by atoms with Gasteiger partial charge in [-0.2, -0.15) is 0 Å². The quantitative estimate of drug-likeness (QED) is 0.233. The second kappa shape index (κ2) is 10.6. The predicted molar refractivity (Wildman–Crippen MR) is 140 cm³/mol. The van der Waals surface area contributed by atoms with Gasteiger partial charge >= 0.3 is 0 Å². The summed E-state index contributed by atoms with van der Waals surface area (Å²) in [5.41, 5.74) is 10.9. The van der Waals surface area contributed by atoms with Crippen molar-refractivity contribution < 1.29 is 9.59 Å². The lowest BCUT2D eigenvalue weighted by atomic mass is 10.1. The van der Waals surface area contributed by atoms with E-state index >= 15 is 0 Å². The van der Waals surface area contributed by atoms with Gasteiger partial charge in [0.25, 0.3) is 0 Å². The summed E-state index contributed by atoms with van der Waals surface area (Å²) in [7, 11) is 0. The molecule has 34 heavy (non-hydrogen) atoms. The molecule has 4 rings (SSSR count). The van der Waals surface area contributed by atoms with Crippen molar-refractivity contribution in [3.8, 4) is 11.1 Å². The molecule has 6 nitrogen and oxygen atoms in total. The zero-order valence-electron chi connectivity index (χ0n) is 18.6. The summed E-state index contributed by atoms with van der Waals surface area (Å²) < 4.78 is 1.99. The van der Waals surface area contributed by atoms with Crippen molar-refractivity contribution in [1.29, 1.82) is 0 Å². The second-order valence-electron chi connectivity index (χ2n) is 7.59. The molecule has 170 valence electrons. The first-order valence-corrected chi connectivity index (χ1v) is 11.4. The zero-order valence-corrected chi connectivity index (χ0v) is 19.4. The van der Waals surface area contributed by atoms with Crippen LogP contribution in [0.2, 0.25) is 0 Å². The van der Waals surface area contributed by atoms with Crippen LogP contribution >= 0.6 is 11.9 Å². The highest BCUT2D eigenvalue weighted by molar-refractivity contribution is 7.97. The number of nitrogens with zero attached hydrogens (tertiary/aromatic N) is 1. The Hall–Kier alpha value is -4.23. The number of nitrogens with one attached hydrogen (secondary N) is 2. The van der Waals surface area contributed by atoms with Crippen molar-refractivity contribution in [2.24, 2.45) is 0 Å². The van der Waals surface area contributed by atoms with E-state index in [9.17, 15) is 9.59 Å². The van der Waals surface area contributed by atoms with E-state index in [2.05, 4.69) is 34.9 Å². The Morgan fingerprint density at radius 2 is 1.56 bits per heavy atom.